The molecule has 1 N–H and O–H groups in total. The van der Waals surface area contributed by atoms with Crippen LogP contribution in [0.25, 0.3) is 23.0 Å². The molecule has 3 heterocycles. The lowest BCUT2D eigenvalue weighted by Gasteiger charge is -2.37. The van der Waals surface area contributed by atoms with Gasteiger partial charge in [-0.15, -0.1) is 0 Å². The summed E-state index contributed by atoms with van der Waals surface area (Å²) in [6.07, 6.45) is 10.1. The van der Waals surface area contributed by atoms with E-state index >= 15 is 0 Å². The minimum atomic E-state index is -0.358. The molecule has 1 aliphatic heterocycles. The predicted molar refractivity (Wildman–Crippen MR) is 137 cm³/mol. The van der Waals surface area contributed by atoms with Gasteiger partial charge < -0.3 is 10.1 Å². The van der Waals surface area contributed by atoms with Gasteiger partial charge in [0.1, 0.15) is 11.5 Å². The van der Waals surface area contributed by atoms with E-state index in [-0.39, 0.29) is 17.1 Å². The molecule has 2 aromatic heterocycles. The normalized spacial score (nSPS) is 15.1. The number of aromatic nitrogens is 3. The third-order valence-corrected chi connectivity index (χ3v) is 6.60. The Labute approximate surface area is 209 Å². The molecule has 36 heavy (non-hydrogen) atoms. The molecule has 1 amide bonds. The number of halogens is 1. The lowest BCUT2D eigenvalue weighted by Crippen LogP contribution is -2.44. The zero-order chi connectivity index (χ0) is 24.8. The zero-order valence-electron chi connectivity index (χ0n) is 19.8. The maximum absolute atomic E-state index is 14.0. The molecule has 5 rings (SSSR count). The van der Waals surface area contributed by atoms with E-state index in [4.69, 9.17) is 9.84 Å². The van der Waals surface area contributed by atoms with Crippen LogP contribution in [0.2, 0.25) is 0 Å². The molecule has 4 aromatic rings. The van der Waals surface area contributed by atoms with Gasteiger partial charge in [-0.1, -0.05) is 30.3 Å². The number of nitrogens with zero attached hydrogens (tertiary/aromatic N) is 3. The molecule has 0 radical (unpaired) electrons. The summed E-state index contributed by atoms with van der Waals surface area (Å²) in [5.41, 5.74) is 3.84. The minimum Gasteiger partial charge on any atom is -0.381 e. The molecule has 7 heteroatoms. The number of pyridine rings is 1. The van der Waals surface area contributed by atoms with Crippen molar-refractivity contribution in [1.29, 1.82) is 0 Å². The summed E-state index contributed by atoms with van der Waals surface area (Å²) >= 11 is 0. The fourth-order valence-corrected chi connectivity index (χ4v) is 4.58. The van der Waals surface area contributed by atoms with Crippen LogP contribution in [0.1, 0.15) is 24.0 Å². The number of benzene rings is 2. The molecule has 0 aliphatic carbocycles. The van der Waals surface area contributed by atoms with E-state index in [1.807, 2.05) is 54.7 Å². The lowest BCUT2D eigenvalue weighted by atomic mass is 9.74. The van der Waals surface area contributed by atoms with Crippen molar-refractivity contribution in [3.05, 3.63) is 108 Å². The fourth-order valence-electron chi connectivity index (χ4n) is 4.58. The van der Waals surface area contributed by atoms with Crippen LogP contribution < -0.4 is 5.32 Å². The van der Waals surface area contributed by atoms with Crippen molar-refractivity contribution in [2.24, 2.45) is 0 Å². The molecule has 1 aliphatic rings. The molecule has 0 spiro atoms. The Hall–Kier alpha value is -4.10. The first-order valence-electron chi connectivity index (χ1n) is 12.0. The van der Waals surface area contributed by atoms with Gasteiger partial charge in [0.25, 0.3) is 0 Å². The van der Waals surface area contributed by atoms with Crippen molar-refractivity contribution < 1.29 is 13.9 Å². The van der Waals surface area contributed by atoms with E-state index in [2.05, 4.69) is 10.3 Å². The Kier molecular flexibility index (Phi) is 7.00. The van der Waals surface area contributed by atoms with Crippen LogP contribution in [-0.4, -0.2) is 40.4 Å². The second-order valence-corrected chi connectivity index (χ2v) is 8.91. The summed E-state index contributed by atoms with van der Waals surface area (Å²) in [6, 6.07) is 20.2. The maximum atomic E-state index is 14.0. The SMILES string of the molecule is O=C(/C=C/c1cn(-c2ccccc2)nc1-c1cccnc1)NCC1(c2cccc(F)c2)CCOCC1. The minimum absolute atomic E-state index is 0.220. The Morgan fingerprint density at radius 1 is 1.08 bits per heavy atom. The summed E-state index contributed by atoms with van der Waals surface area (Å²) < 4.78 is 21.3. The molecule has 1 saturated heterocycles. The highest BCUT2D eigenvalue weighted by Crippen LogP contribution is 2.34. The van der Waals surface area contributed by atoms with Gasteiger partial charge in [-0.2, -0.15) is 5.10 Å². The Morgan fingerprint density at radius 3 is 2.67 bits per heavy atom. The van der Waals surface area contributed by atoms with Gasteiger partial charge in [-0.3, -0.25) is 9.78 Å². The molecule has 0 bridgehead atoms. The third-order valence-electron chi connectivity index (χ3n) is 6.60. The van der Waals surface area contributed by atoms with Gasteiger partial charge in [0, 0.05) is 61.0 Å². The van der Waals surface area contributed by atoms with Crippen molar-refractivity contribution in [3.63, 3.8) is 0 Å². The number of ether oxygens (including phenoxy) is 1. The van der Waals surface area contributed by atoms with Gasteiger partial charge in [0.05, 0.1) is 5.69 Å². The highest BCUT2D eigenvalue weighted by atomic mass is 19.1. The highest BCUT2D eigenvalue weighted by Gasteiger charge is 2.35. The number of hydrogen-bond acceptors (Lipinski definition) is 4. The van der Waals surface area contributed by atoms with Crippen LogP contribution in [0.3, 0.4) is 0 Å². The van der Waals surface area contributed by atoms with E-state index in [0.29, 0.717) is 19.8 Å². The summed E-state index contributed by atoms with van der Waals surface area (Å²) in [7, 11) is 0. The topological polar surface area (TPSA) is 69.0 Å². The standard InChI is InChI=1S/C29H27FN4O2/c30-25-8-4-7-24(18-25)29(13-16-36-17-14-29)21-32-27(35)12-11-23-20-34(26-9-2-1-3-10-26)33-28(23)22-6-5-15-31-19-22/h1-12,15,18-20H,13-14,16-17,21H2,(H,32,35)/b12-11+. The van der Waals surface area contributed by atoms with E-state index in [1.54, 1.807) is 35.3 Å². The van der Waals surface area contributed by atoms with Gasteiger partial charge in [-0.25, -0.2) is 9.07 Å². The number of carbonyl (C=O) groups excluding carboxylic acids is 1. The van der Waals surface area contributed by atoms with E-state index in [0.717, 1.165) is 40.9 Å². The van der Waals surface area contributed by atoms with Crippen molar-refractivity contribution in [2.75, 3.05) is 19.8 Å². The monoisotopic (exact) mass is 482 g/mol. The smallest absolute Gasteiger partial charge is 0.244 e. The van der Waals surface area contributed by atoms with Gasteiger partial charge >= 0.3 is 0 Å². The quantitative estimate of drug-likeness (QED) is 0.379. The maximum Gasteiger partial charge on any atom is 0.244 e. The van der Waals surface area contributed by atoms with Crippen molar-refractivity contribution in [1.82, 2.24) is 20.1 Å². The Balaban J connectivity index is 1.36. The molecule has 0 atom stereocenters. The molecule has 6 nitrogen and oxygen atoms in total. The Morgan fingerprint density at radius 2 is 1.92 bits per heavy atom. The first-order chi connectivity index (χ1) is 17.6. The Bertz CT molecular complexity index is 1350. The third kappa shape index (κ3) is 5.26. The van der Waals surface area contributed by atoms with Gasteiger partial charge in [0.15, 0.2) is 0 Å². The van der Waals surface area contributed by atoms with E-state index < -0.39 is 0 Å². The molecule has 182 valence electrons. The number of carbonyl (C=O) groups is 1. The molecular weight excluding hydrogens is 455 g/mol. The van der Waals surface area contributed by atoms with Crippen molar-refractivity contribution in [2.45, 2.75) is 18.3 Å². The van der Waals surface area contributed by atoms with Crippen LogP contribution in [0.5, 0.6) is 0 Å². The van der Waals surface area contributed by atoms with Crippen LogP contribution in [0, 0.1) is 5.82 Å². The molecule has 1 fully saturated rings. The predicted octanol–water partition coefficient (Wildman–Crippen LogP) is 4.95. The lowest BCUT2D eigenvalue weighted by molar-refractivity contribution is -0.116. The summed E-state index contributed by atoms with van der Waals surface area (Å²) in [6.45, 7) is 1.56. The summed E-state index contributed by atoms with van der Waals surface area (Å²) in [4.78, 5) is 17.1. The zero-order valence-corrected chi connectivity index (χ0v) is 19.8. The van der Waals surface area contributed by atoms with E-state index in [1.165, 1.54) is 12.1 Å². The fraction of sp³-hybridized carbons (Fsp3) is 0.207. The summed E-state index contributed by atoms with van der Waals surface area (Å²) in [5.74, 6) is -0.496. The number of amides is 1. The molecule has 0 saturated carbocycles. The van der Waals surface area contributed by atoms with Crippen LogP contribution in [-0.2, 0) is 14.9 Å². The van der Waals surface area contributed by atoms with E-state index in [9.17, 15) is 9.18 Å². The average Bonchev–Trinajstić information content (AvgIpc) is 3.37. The average molecular weight is 483 g/mol. The number of hydrogen-bond donors (Lipinski definition) is 1. The highest BCUT2D eigenvalue weighted by molar-refractivity contribution is 5.92. The largest absolute Gasteiger partial charge is 0.381 e. The van der Waals surface area contributed by atoms with Crippen LogP contribution >= 0.6 is 0 Å². The molecular formula is C29H27FN4O2. The van der Waals surface area contributed by atoms with Gasteiger partial charge in [0.2, 0.25) is 5.91 Å². The van der Waals surface area contributed by atoms with Crippen molar-refractivity contribution in [3.8, 4) is 16.9 Å². The number of para-hydroxylation sites is 1. The first kappa shape index (κ1) is 23.6. The molecule has 2 aromatic carbocycles. The number of nitrogens with one attached hydrogen (secondary N) is 1. The number of rotatable bonds is 7. The van der Waals surface area contributed by atoms with Crippen LogP contribution in [0.15, 0.2) is 91.4 Å². The van der Waals surface area contributed by atoms with Crippen LogP contribution in [0.4, 0.5) is 4.39 Å². The second-order valence-electron chi connectivity index (χ2n) is 8.91. The second kappa shape index (κ2) is 10.7. The van der Waals surface area contributed by atoms with Crippen molar-refractivity contribution >= 4 is 12.0 Å². The summed E-state index contributed by atoms with van der Waals surface area (Å²) in [5, 5.41) is 7.79. The van der Waals surface area contributed by atoms with Gasteiger partial charge in [-0.05, 0) is 60.9 Å². The first-order valence-corrected chi connectivity index (χ1v) is 12.0. The molecule has 0 unspecified atom stereocenters.